The van der Waals surface area contributed by atoms with Crippen LogP contribution >= 0.6 is 15.9 Å². The Morgan fingerprint density at radius 2 is 1.69 bits per heavy atom. The Hall–Kier alpha value is -3.23. The standard InChI is InChI=1S/C24H18BrFN2O4/c1-31-19-12-11-14(13-16(19)25)21-20-22(32-28(21)15-7-3-2-4-8-15)24(30)27(23(20)29)18-10-6-5-9-17(18)26/h2-13,20-22H,1H3/t20-,21+,22-/m1/s1. The Morgan fingerprint density at radius 3 is 2.38 bits per heavy atom. The average Bonchev–Trinajstić information content (AvgIpc) is 3.31. The van der Waals surface area contributed by atoms with Crippen LogP contribution in [0.15, 0.2) is 77.3 Å². The maximum Gasteiger partial charge on any atom is 0.266 e. The van der Waals surface area contributed by atoms with Gasteiger partial charge in [0.05, 0.1) is 29.0 Å². The lowest BCUT2D eigenvalue weighted by molar-refractivity contribution is -0.126. The molecule has 0 unspecified atom stereocenters. The number of fused-ring (bicyclic) bond motifs is 1. The lowest BCUT2D eigenvalue weighted by Crippen LogP contribution is -2.37. The van der Waals surface area contributed by atoms with Crippen LogP contribution in [0.5, 0.6) is 5.75 Å². The summed E-state index contributed by atoms with van der Waals surface area (Å²) in [6, 6.07) is 19.9. The van der Waals surface area contributed by atoms with E-state index < -0.39 is 35.7 Å². The zero-order valence-corrected chi connectivity index (χ0v) is 18.5. The molecular weight excluding hydrogens is 479 g/mol. The summed E-state index contributed by atoms with van der Waals surface area (Å²) in [5.74, 6) is -1.93. The lowest BCUT2D eigenvalue weighted by atomic mass is 9.90. The molecular formula is C24H18BrFN2O4. The van der Waals surface area contributed by atoms with Gasteiger partial charge in [0.15, 0.2) is 6.10 Å². The molecule has 3 aromatic carbocycles. The molecule has 0 aliphatic carbocycles. The molecule has 0 saturated carbocycles. The van der Waals surface area contributed by atoms with E-state index in [9.17, 15) is 14.0 Å². The van der Waals surface area contributed by atoms with E-state index in [1.54, 1.807) is 24.3 Å². The van der Waals surface area contributed by atoms with Crippen molar-refractivity contribution in [3.05, 3.63) is 88.6 Å². The first-order valence-corrected chi connectivity index (χ1v) is 10.8. The summed E-state index contributed by atoms with van der Waals surface area (Å²) < 4.78 is 20.5. The van der Waals surface area contributed by atoms with Crippen LogP contribution in [0, 0.1) is 11.7 Å². The van der Waals surface area contributed by atoms with Gasteiger partial charge in [-0.3, -0.25) is 14.4 Å². The van der Waals surface area contributed by atoms with Crippen molar-refractivity contribution >= 4 is 39.1 Å². The third-order valence-corrected chi connectivity index (χ3v) is 6.36. The van der Waals surface area contributed by atoms with Crippen molar-refractivity contribution in [2.24, 2.45) is 5.92 Å². The number of hydroxylamine groups is 1. The molecule has 0 spiro atoms. The van der Waals surface area contributed by atoms with Gasteiger partial charge in [0, 0.05) is 0 Å². The molecule has 2 fully saturated rings. The highest BCUT2D eigenvalue weighted by molar-refractivity contribution is 9.10. The smallest absolute Gasteiger partial charge is 0.266 e. The summed E-state index contributed by atoms with van der Waals surface area (Å²) >= 11 is 3.49. The monoisotopic (exact) mass is 496 g/mol. The molecule has 6 nitrogen and oxygen atoms in total. The first-order chi connectivity index (χ1) is 15.5. The normalized spacial score (nSPS) is 22.4. The van der Waals surface area contributed by atoms with Crippen molar-refractivity contribution in [3.63, 3.8) is 0 Å². The summed E-state index contributed by atoms with van der Waals surface area (Å²) in [5, 5.41) is 1.60. The number of methoxy groups -OCH3 is 1. The Labute approximate surface area is 192 Å². The number of anilines is 2. The molecule has 0 radical (unpaired) electrons. The topological polar surface area (TPSA) is 59.1 Å². The summed E-state index contributed by atoms with van der Waals surface area (Å²) in [7, 11) is 1.57. The van der Waals surface area contributed by atoms with E-state index in [0.29, 0.717) is 15.9 Å². The van der Waals surface area contributed by atoms with E-state index in [1.165, 1.54) is 18.2 Å². The quantitative estimate of drug-likeness (QED) is 0.492. The van der Waals surface area contributed by atoms with Crippen molar-refractivity contribution < 1.29 is 23.6 Å². The van der Waals surface area contributed by atoms with Gasteiger partial charge in [-0.2, -0.15) is 0 Å². The van der Waals surface area contributed by atoms with Crippen LogP contribution < -0.4 is 14.7 Å². The van der Waals surface area contributed by atoms with Crippen LogP contribution in [-0.4, -0.2) is 25.0 Å². The van der Waals surface area contributed by atoms with Gasteiger partial charge < -0.3 is 4.74 Å². The molecule has 0 N–H and O–H groups in total. The number of rotatable bonds is 4. The predicted molar refractivity (Wildman–Crippen MR) is 120 cm³/mol. The molecule has 2 aliphatic heterocycles. The molecule has 8 heteroatoms. The van der Waals surface area contributed by atoms with Gasteiger partial charge in [-0.25, -0.2) is 14.4 Å². The first-order valence-electron chi connectivity index (χ1n) is 9.98. The second kappa shape index (κ2) is 8.03. The van der Waals surface area contributed by atoms with Crippen LogP contribution in [0.3, 0.4) is 0 Å². The molecule has 2 saturated heterocycles. The van der Waals surface area contributed by atoms with Crippen molar-refractivity contribution in [2.75, 3.05) is 17.1 Å². The maximum atomic E-state index is 14.4. The van der Waals surface area contributed by atoms with Gasteiger partial charge in [0.1, 0.15) is 17.5 Å². The number of para-hydroxylation sites is 2. The van der Waals surface area contributed by atoms with Gasteiger partial charge in [0.2, 0.25) is 5.91 Å². The second-order valence-corrected chi connectivity index (χ2v) is 8.37. The van der Waals surface area contributed by atoms with Crippen molar-refractivity contribution in [2.45, 2.75) is 12.1 Å². The summed E-state index contributed by atoms with van der Waals surface area (Å²) in [6.07, 6.45) is -1.06. The van der Waals surface area contributed by atoms with E-state index in [1.807, 2.05) is 42.5 Å². The van der Waals surface area contributed by atoms with Gasteiger partial charge in [-0.05, 0) is 57.9 Å². The zero-order valence-electron chi connectivity index (χ0n) is 16.9. The van der Waals surface area contributed by atoms with Crippen molar-refractivity contribution in [1.29, 1.82) is 0 Å². The average molecular weight is 497 g/mol. The molecule has 0 bridgehead atoms. The fraction of sp³-hybridized carbons (Fsp3) is 0.167. The van der Waals surface area contributed by atoms with Crippen LogP contribution in [0.4, 0.5) is 15.8 Å². The molecule has 3 aromatic rings. The Morgan fingerprint density at radius 1 is 0.969 bits per heavy atom. The summed E-state index contributed by atoms with van der Waals surface area (Å²) in [5.41, 5.74) is 1.39. The summed E-state index contributed by atoms with van der Waals surface area (Å²) in [6.45, 7) is 0. The SMILES string of the molecule is COc1ccc([C@H]2[C@H]3C(=O)N(c4ccccc4F)C(=O)[C@@H]3ON2c2ccccc2)cc1Br. The van der Waals surface area contributed by atoms with Crippen molar-refractivity contribution in [3.8, 4) is 5.75 Å². The fourth-order valence-electron chi connectivity index (χ4n) is 4.29. The highest BCUT2D eigenvalue weighted by Gasteiger charge is 2.60. The second-order valence-electron chi connectivity index (χ2n) is 7.52. The number of carbonyl (C=O) groups is 2. The van der Waals surface area contributed by atoms with Gasteiger partial charge >= 0.3 is 0 Å². The highest BCUT2D eigenvalue weighted by Crippen LogP contribution is 2.48. The van der Waals surface area contributed by atoms with E-state index in [0.717, 1.165) is 10.5 Å². The number of ether oxygens (including phenoxy) is 1. The lowest BCUT2D eigenvalue weighted by Gasteiger charge is -2.29. The first kappa shape index (κ1) is 20.7. The van der Waals surface area contributed by atoms with Gasteiger partial charge in [-0.1, -0.05) is 36.4 Å². The number of amides is 2. The third kappa shape index (κ3) is 3.18. The number of nitrogens with zero attached hydrogens (tertiary/aromatic N) is 2. The number of hydrogen-bond donors (Lipinski definition) is 0. The zero-order chi connectivity index (χ0) is 22.4. The minimum atomic E-state index is -1.06. The number of hydrogen-bond acceptors (Lipinski definition) is 5. The molecule has 3 atom stereocenters. The summed E-state index contributed by atoms with van der Waals surface area (Å²) in [4.78, 5) is 33.7. The molecule has 5 rings (SSSR count). The molecule has 32 heavy (non-hydrogen) atoms. The van der Waals surface area contributed by atoms with E-state index >= 15 is 0 Å². The predicted octanol–water partition coefficient (Wildman–Crippen LogP) is 4.65. The maximum absolute atomic E-state index is 14.4. The van der Waals surface area contributed by atoms with E-state index in [2.05, 4.69) is 15.9 Å². The third-order valence-electron chi connectivity index (χ3n) is 5.74. The number of carbonyl (C=O) groups excluding carboxylic acids is 2. The fourth-order valence-corrected chi connectivity index (χ4v) is 4.85. The minimum absolute atomic E-state index is 0.0681. The Kier molecular flexibility index (Phi) is 5.19. The highest BCUT2D eigenvalue weighted by atomic mass is 79.9. The molecule has 162 valence electrons. The van der Waals surface area contributed by atoms with Gasteiger partial charge in [0.25, 0.3) is 5.91 Å². The molecule has 2 heterocycles. The van der Waals surface area contributed by atoms with E-state index in [4.69, 9.17) is 9.57 Å². The van der Waals surface area contributed by atoms with Crippen LogP contribution in [0.25, 0.3) is 0 Å². The number of imide groups is 1. The van der Waals surface area contributed by atoms with Crippen LogP contribution in [0.1, 0.15) is 11.6 Å². The number of halogens is 2. The van der Waals surface area contributed by atoms with E-state index in [-0.39, 0.29) is 5.69 Å². The molecule has 2 amide bonds. The Bertz CT molecular complexity index is 1210. The van der Waals surface area contributed by atoms with Gasteiger partial charge in [-0.15, -0.1) is 0 Å². The van der Waals surface area contributed by atoms with Crippen LogP contribution in [-0.2, 0) is 14.4 Å². The Balaban J connectivity index is 1.61. The van der Waals surface area contributed by atoms with Crippen LogP contribution in [0.2, 0.25) is 0 Å². The largest absolute Gasteiger partial charge is 0.496 e. The number of benzene rings is 3. The molecule has 0 aromatic heterocycles. The minimum Gasteiger partial charge on any atom is -0.496 e. The van der Waals surface area contributed by atoms with Crippen molar-refractivity contribution in [1.82, 2.24) is 0 Å². The molecule has 2 aliphatic rings.